The first-order valence-electron chi connectivity index (χ1n) is 13.8. The fourth-order valence-corrected chi connectivity index (χ4v) is 5.74. The first-order chi connectivity index (χ1) is 15.9. The molecule has 5 unspecified atom stereocenters. The number of nitrogens with one attached hydrogen (secondary N) is 2. The molecule has 198 valence electrons. The minimum Gasteiger partial charge on any atom is -0.376 e. The molecule has 0 spiro atoms. The fraction of sp³-hybridized carbons (Fsp3) is 0.929. The second-order valence-electron chi connectivity index (χ2n) is 12.2. The lowest BCUT2D eigenvalue weighted by Crippen LogP contribution is -2.38. The molecule has 1 saturated carbocycles. The van der Waals surface area contributed by atoms with Gasteiger partial charge >= 0.3 is 0 Å². The lowest BCUT2D eigenvalue weighted by atomic mass is 9.79. The summed E-state index contributed by atoms with van der Waals surface area (Å²) in [5, 5.41) is 6.79. The SMILES string of the molecule is CC1CCCCCC(C)C2C(=O)C(CCCCNC(=O)CCC(C)(C)OCCC(C)(C)I)NC12. The summed E-state index contributed by atoms with van der Waals surface area (Å²) in [7, 11) is 0. The van der Waals surface area contributed by atoms with Gasteiger partial charge in [0.2, 0.25) is 5.91 Å². The van der Waals surface area contributed by atoms with Gasteiger partial charge in [0.05, 0.1) is 11.6 Å². The van der Waals surface area contributed by atoms with Crippen LogP contribution in [0.4, 0.5) is 0 Å². The Labute approximate surface area is 222 Å². The lowest BCUT2D eigenvalue weighted by molar-refractivity contribution is -0.124. The third-order valence-corrected chi connectivity index (χ3v) is 8.42. The molecule has 6 heteroatoms. The quantitative estimate of drug-likeness (QED) is 0.161. The van der Waals surface area contributed by atoms with Crippen LogP contribution < -0.4 is 10.6 Å². The van der Waals surface area contributed by atoms with E-state index in [1.54, 1.807) is 0 Å². The normalized spacial score (nSPS) is 28.7. The van der Waals surface area contributed by atoms with Gasteiger partial charge in [-0.3, -0.25) is 9.59 Å². The van der Waals surface area contributed by atoms with Crippen LogP contribution in [0.25, 0.3) is 0 Å². The number of halogens is 1. The van der Waals surface area contributed by atoms with E-state index in [2.05, 4.69) is 74.8 Å². The highest BCUT2D eigenvalue weighted by Crippen LogP contribution is 2.36. The van der Waals surface area contributed by atoms with Crippen molar-refractivity contribution in [1.29, 1.82) is 0 Å². The molecule has 1 aliphatic heterocycles. The molecule has 5 atom stereocenters. The van der Waals surface area contributed by atoms with E-state index in [0.29, 0.717) is 36.6 Å². The zero-order valence-electron chi connectivity index (χ0n) is 22.7. The molecule has 0 radical (unpaired) electrons. The molecule has 2 fully saturated rings. The number of alkyl halides is 1. The van der Waals surface area contributed by atoms with Crippen molar-refractivity contribution >= 4 is 34.3 Å². The van der Waals surface area contributed by atoms with Crippen molar-refractivity contribution in [3.05, 3.63) is 0 Å². The van der Waals surface area contributed by atoms with Crippen LogP contribution in [0.15, 0.2) is 0 Å². The highest BCUT2D eigenvalue weighted by molar-refractivity contribution is 14.1. The van der Waals surface area contributed by atoms with Gasteiger partial charge in [-0.05, 0) is 70.6 Å². The number of carbonyl (C=O) groups excluding carboxylic acids is 2. The van der Waals surface area contributed by atoms with Crippen LogP contribution in [-0.4, -0.2) is 45.9 Å². The predicted molar refractivity (Wildman–Crippen MR) is 149 cm³/mol. The van der Waals surface area contributed by atoms with Crippen LogP contribution in [0, 0.1) is 17.8 Å². The zero-order valence-corrected chi connectivity index (χ0v) is 24.8. The molecule has 2 N–H and O–H groups in total. The minimum absolute atomic E-state index is 0.000461. The molecule has 0 aromatic heterocycles. The standard InChI is InChI=1S/C28H51IN2O3/c1-20-12-8-7-9-13-21(2)25-24(20)26(33)22(31-25)14-10-11-18-30-23(32)15-16-28(5,6)34-19-17-27(3,4)29/h20-22,24-25,31H,7-19H2,1-6H3,(H,30,32). The molecule has 2 rings (SSSR count). The first kappa shape index (κ1) is 30.0. The van der Waals surface area contributed by atoms with Crippen LogP contribution in [0.3, 0.4) is 0 Å². The lowest BCUT2D eigenvalue weighted by Gasteiger charge is -2.27. The van der Waals surface area contributed by atoms with E-state index in [1.165, 1.54) is 32.1 Å². The minimum atomic E-state index is -0.282. The highest BCUT2D eigenvalue weighted by atomic mass is 127. The van der Waals surface area contributed by atoms with Crippen molar-refractivity contribution in [3.8, 4) is 0 Å². The van der Waals surface area contributed by atoms with Gasteiger partial charge in [0.15, 0.2) is 5.78 Å². The molecule has 1 amide bonds. The van der Waals surface area contributed by atoms with Gasteiger partial charge in [0.25, 0.3) is 0 Å². The molecule has 5 nitrogen and oxygen atoms in total. The Bertz CT molecular complexity index is 646. The summed E-state index contributed by atoms with van der Waals surface area (Å²) in [4.78, 5) is 25.5. The maximum atomic E-state index is 13.2. The second-order valence-corrected chi connectivity index (χ2v) is 15.1. The third kappa shape index (κ3) is 10.4. The molecular weight excluding hydrogens is 539 g/mol. The Morgan fingerprint density at radius 1 is 1.06 bits per heavy atom. The summed E-state index contributed by atoms with van der Waals surface area (Å²) in [6.45, 7) is 14.5. The van der Waals surface area contributed by atoms with E-state index < -0.39 is 0 Å². The smallest absolute Gasteiger partial charge is 0.220 e. The number of fused-ring (bicyclic) bond motifs is 1. The second kappa shape index (κ2) is 13.9. The number of Topliss-reactive ketones (excluding diaryl/α,β-unsaturated/α-hetero) is 1. The largest absolute Gasteiger partial charge is 0.376 e. The monoisotopic (exact) mass is 590 g/mol. The van der Waals surface area contributed by atoms with E-state index in [-0.39, 0.29) is 26.9 Å². The van der Waals surface area contributed by atoms with Gasteiger partial charge < -0.3 is 15.4 Å². The molecular formula is C28H51IN2O3. The van der Waals surface area contributed by atoms with Crippen molar-refractivity contribution in [2.75, 3.05) is 13.2 Å². The van der Waals surface area contributed by atoms with Gasteiger partial charge in [0.1, 0.15) is 0 Å². The Kier molecular flexibility index (Phi) is 12.3. The number of hydrogen-bond donors (Lipinski definition) is 2. The van der Waals surface area contributed by atoms with Crippen LogP contribution in [-0.2, 0) is 14.3 Å². The molecule has 0 aromatic carbocycles. The highest BCUT2D eigenvalue weighted by Gasteiger charge is 2.45. The van der Waals surface area contributed by atoms with Gasteiger partial charge in [-0.1, -0.05) is 69.5 Å². The van der Waals surface area contributed by atoms with Crippen molar-refractivity contribution in [1.82, 2.24) is 10.6 Å². The molecule has 1 heterocycles. The molecule has 34 heavy (non-hydrogen) atoms. The molecule has 1 aliphatic carbocycles. The van der Waals surface area contributed by atoms with Crippen LogP contribution in [0.5, 0.6) is 0 Å². The maximum absolute atomic E-state index is 13.2. The summed E-state index contributed by atoms with van der Waals surface area (Å²) in [6.07, 6.45) is 11.2. The van der Waals surface area contributed by atoms with Crippen LogP contribution >= 0.6 is 22.6 Å². The molecule has 2 aliphatic rings. The summed E-state index contributed by atoms with van der Waals surface area (Å²) in [6, 6.07) is 0.347. The Morgan fingerprint density at radius 2 is 1.74 bits per heavy atom. The van der Waals surface area contributed by atoms with Crippen molar-refractivity contribution in [2.24, 2.45) is 17.8 Å². The zero-order chi connectivity index (χ0) is 25.4. The van der Waals surface area contributed by atoms with E-state index >= 15 is 0 Å². The summed E-state index contributed by atoms with van der Waals surface area (Å²) in [5.74, 6) is 1.78. The van der Waals surface area contributed by atoms with Gasteiger partial charge in [-0.2, -0.15) is 0 Å². The number of unbranched alkanes of at least 4 members (excludes halogenated alkanes) is 1. The summed E-state index contributed by atoms with van der Waals surface area (Å²) < 4.78 is 6.25. The summed E-state index contributed by atoms with van der Waals surface area (Å²) >= 11 is 2.44. The van der Waals surface area contributed by atoms with E-state index in [9.17, 15) is 9.59 Å². The van der Waals surface area contributed by atoms with Crippen molar-refractivity contribution in [3.63, 3.8) is 0 Å². The number of rotatable bonds is 12. The topological polar surface area (TPSA) is 67.4 Å². The number of ketones is 1. The number of carbonyl (C=O) groups is 2. The van der Waals surface area contributed by atoms with E-state index in [4.69, 9.17) is 4.74 Å². The summed E-state index contributed by atoms with van der Waals surface area (Å²) in [5.41, 5.74) is -0.282. The van der Waals surface area contributed by atoms with E-state index in [0.717, 1.165) is 38.7 Å². The Hall–Kier alpha value is -0.210. The Morgan fingerprint density at radius 3 is 2.41 bits per heavy atom. The van der Waals surface area contributed by atoms with Gasteiger partial charge in [-0.15, -0.1) is 0 Å². The molecule has 0 aromatic rings. The van der Waals surface area contributed by atoms with Crippen LogP contribution in [0.2, 0.25) is 0 Å². The third-order valence-electron chi connectivity index (χ3n) is 7.88. The number of amides is 1. The van der Waals surface area contributed by atoms with Crippen LogP contribution in [0.1, 0.15) is 112 Å². The maximum Gasteiger partial charge on any atom is 0.220 e. The van der Waals surface area contributed by atoms with Gasteiger partial charge in [0, 0.05) is 35.0 Å². The average Bonchev–Trinajstić information content (AvgIpc) is 3.08. The fourth-order valence-electron chi connectivity index (χ4n) is 5.52. The Balaban J connectivity index is 1.65. The average molecular weight is 591 g/mol. The molecule has 1 saturated heterocycles. The van der Waals surface area contributed by atoms with E-state index in [1.807, 2.05) is 0 Å². The molecule has 0 bridgehead atoms. The predicted octanol–water partition coefficient (Wildman–Crippen LogP) is 6.21. The van der Waals surface area contributed by atoms with Crippen molar-refractivity contribution < 1.29 is 14.3 Å². The number of hydrogen-bond acceptors (Lipinski definition) is 4. The number of ether oxygens (including phenoxy) is 1. The van der Waals surface area contributed by atoms with Gasteiger partial charge in [-0.25, -0.2) is 0 Å². The first-order valence-corrected chi connectivity index (χ1v) is 14.9. The van der Waals surface area contributed by atoms with Crippen molar-refractivity contribution in [2.45, 2.75) is 133 Å².